The van der Waals surface area contributed by atoms with Gasteiger partial charge in [0.05, 0.1) is 0 Å². The molecule has 21 heavy (non-hydrogen) atoms. The van der Waals surface area contributed by atoms with Crippen molar-refractivity contribution in [2.45, 2.75) is 25.3 Å². The monoisotopic (exact) mass is 287 g/mol. The minimum Gasteiger partial charge on any atom is -0.478 e. The zero-order chi connectivity index (χ0) is 14.7. The maximum atomic E-state index is 10.5. The number of rotatable bonds is 4. The largest absolute Gasteiger partial charge is 0.478 e. The standard InChI is InChI=1S/C16H21N3O2/c20-16(21)6-4-13-3-5-15(17-11-13)19-10-7-14(12-19)18-8-1-2-9-18/h3-6,11,14H,1-2,7-10,12H2,(H,20,21)/b6-4+. The van der Waals surface area contributed by atoms with Gasteiger partial charge in [-0.25, -0.2) is 9.78 Å². The van der Waals surface area contributed by atoms with Crippen molar-refractivity contribution in [2.75, 3.05) is 31.1 Å². The molecule has 0 spiro atoms. The molecule has 3 rings (SSSR count). The summed E-state index contributed by atoms with van der Waals surface area (Å²) in [5.41, 5.74) is 0.816. The van der Waals surface area contributed by atoms with E-state index >= 15 is 0 Å². The van der Waals surface area contributed by atoms with E-state index in [9.17, 15) is 4.79 Å². The van der Waals surface area contributed by atoms with Crippen molar-refractivity contribution < 1.29 is 9.90 Å². The molecule has 1 aromatic heterocycles. The SMILES string of the molecule is O=C(O)/C=C/c1ccc(N2CCC(N3CCCC3)C2)nc1. The Morgan fingerprint density at radius 1 is 1.29 bits per heavy atom. The van der Waals surface area contributed by atoms with Crippen molar-refractivity contribution in [1.82, 2.24) is 9.88 Å². The summed E-state index contributed by atoms with van der Waals surface area (Å²) < 4.78 is 0. The highest BCUT2D eigenvalue weighted by molar-refractivity contribution is 5.85. The number of nitrogens with zero attached hydrogens (tertiary/aromatic N) is 3. The molecule has 1 N–H and O–H groups in total. The van der Waals surface area contributed by atoms with Gasteiger partial charge in [-0.05, 0) is 56.1 Å². The van der Waals surface area contributed by atoms with E-state index in [1.54, 1.807) is 12.3 Å². The van der Waals surface area contributed by atoms with E-state index in [4.69, 9.17) is 5.11 Å². The van der Waals surface area contributed by atoms with E-state index in [0.29, 0.717) is 6.04 Å². The average molecular weight is 287 g/mol. The molecule has 0 radical (unpaired) electrons. The van der Waals surface area contributed by atoms with Crippen LogP contribution in [0.1, 0.15) is 24.8 Å². The molecule has 0 bridgehead atoms. The smallest absolute Gasteiger partial charge is 0.328 e. The van der Waals surface area contributed by atoms with Gasteiger partial charge in [0.25, 0.3) is 0 Å². The molecule has 2 aliphatic rings. The van der Waals surface area contributed by atoms with Crippen LogP contribution in [0.25, 0.3) is 6.08 Å². The molecule has 3 heterocycles. The summed E-state index contributed by atoms with van der Waals surface area (Å²) >= 11 is 0. The quantitative estimate of drug-likeness (QED) is 0.857. The Balaban J connectivity index is 1.61. The number of hydrogen-bond acceptors (Lipinski definition) is 4. The molecular weight excluding hydrogens is 266 g/mol. The van der Waals surface area contributed by atoms with Crippen LogP contribution in [0.3, 0.4) is 0 Å². The zero-order valence-electron chi connectivity index (χ0n) is 12.1. The Labute approximate surface area is 124 Å². The van der Waals surface area contributed by atoms with Gasteiger partial charge in [0, 0.05) is 31.4 Å². The number of aliphatic carboxylic acids is 1. The first-order valence-corrected chi connectivity index (χ1v) is 7.58. The van der Waals surface area contributed by atoms with Crippen LogP contribution in [0.15, 0.2) is 24.4 Å². The summed E-state index contributed by atoms with van der Waals surface area (Å²) in [6.45, 7) is 4.59. The van der Waals surface area contributed by atoms with Crippen molar-refractivity contribution >= 4 is 17.9 Å². The third kappa shape index (κ3) is 3.42. The third-order valence-electron chi connectivity index (χ3n) is 4.33. The van der Waals surface area contributed by atoms with Gasteiger partial charge in [0.2, 0.25) is 0 Å². The van der Waals surface area contributed by atoms with Gasteiger partial charge in [-0.2, -0.15) is 0 Å². The summed E-state index contributed by atoms with van der Waals surface area (Å²) in [4.78, 5) is 19.9. The van der Waals surface area contributed by atoms with Crippen molar-refractivity contribution in [3.05, 3.63) is 30.0 Å². The summed E-state index contributed by atoms with van der Waals surface area (Å²) in [6.07, 6.45) is 8.31. The zero-order valence-corrected chi connectivity index (χ0v) is 12.1. The lowest BCUT2D eigenvalue weighted by molar-refractivity contribution is -0.131. The molecule has 5 nitrogen and oxygen atoms in total. The highest BCUT2D eigenvalue weighted by Gasteiger charge is 2.29. The lowest BCUT2D eigenvalue weighted by Gasteiger charge is -2.24. The Kier molecular flexibility index (Phi) is 4.20. The topological polar surface area (TPSA) is 56.7 Å². The molecule has 112 valence electrons. The number of anilines is 1. The second-order valence-corrected chi connectivity index (χ2v) is 5.75. The molecule has 5 heteroatoms. The molecule has 0 saturated carbocycles. The van der Waals surface area contributed by atoms with E-state index in [-0.39, 0.29) is 0 Å². The minimum atomic E-state index is -0.938. The van der Waals surface area contributed by atoms with Gasteiger partial charge in [-0.15, -0.1) is 0 Å². The molecule has 0 amide bonds. The molecular formula is C16H21N3O2. The van der Waals surface area contributed by atoms with Gasteiger partial charge in [0.15, 0.2) is 0 Å². The Morgan fingerprint density at radius 3 is 2.76 bits per heavy atom. The van der Waals surface area contributed by atoms with Gasteiger partial charge in [-0.1, -0.05) is 0 Å². The van der Waals surface area contributed by atoms with Crippen molar-refractivity contribution in [3.63, 3.8) is 0 Å². The van der Waals surface area contributed by atoms with E-state index in [1.807, 2.05) is 12.1 Å². The Morgan fingerprint density at radius 2 is 2.10 bits per heavy atom. The van der Waals surface area contributed by atoms with Crippen molar-refractivity contribution in [3.8, 4) is 0 Å². The fourth-order valence-corrected chi connectivity index (χ4v) is 3.21. The molecule has 2 fully saturated rings. The Bertz CT molecular complexity index is 521. The number of aromatic nitrogens is 1. The van der Waals surface area contributed by atoms with E-state index in [1.165, 1.54) is 32.4 Å². The summed E-state index contributed by atoms with van der Waals surface area (Å²) in [5.74, 6) is 0.0521. The molecule has 0 aliphatic carbocycles. The lowest BCUT2D eigenvalue weighted by atomic mass is 10.2. The van der Waals surface area contributed by atoms with Gasteiger partial charge in [0.1, 0.15) is 5.82 Å². The molecule has 0 aromatic carbocycles. The predicted molar refractivity (Wildman–Crippen MR) is 82.3 cm³/mol. The van der Waals surface area contributed by atoms with E-state index in [0.717, 1.165) is 30.5 Å². The van der Waals surface area contributed by atoms with Crippen LogP contribution in [0.4, 0.5) is 5.82 Å². The molecule has 1 atom stereocenters. The van der Waals surface area contributed by atoms with Crippen molar-refractivity contribution in [1.29, 1.82) is 0 Å². The normalized spacial score (nSPS) is 23.2. The van der Waals surface area contributed by atoms with Crippen LogP contribution in [0.2, 0.25) is 0 Å². The molecule has 1 aromatic rings. The van der Waals surface area contributed by atoms with Crippen LogP contribution in [0, 0.1) is 0 Å². The van der Waals surface area contributed by atoms with Crippen LogP contribution in [-0.4, -0.2) is 53.2 Å². The summed E-state index contributed by atoms with van der Waals surface area (Å²) in [5, 5.41) is 8.61. The predicted octanol–water partition coefficient (Wildman–Crippen LogP) is 1.85. The van der Waals surface area contributed by atoms with Gasteiger partial charge >= 0.3 is 5.97 Å². The summed E-state index contributed by atoms with van der Waals surface area (Å²) in [7, 11) is 0. The minimum absolute atomic E-state index is 0.667. The number of likely N-dealkylation sites (tertiary alicyclic amines) is 1. The average Bonchev–Trinajstić information content (AvgIpc) is 3.16. The Hall–Kier alpha value is -1.88. The van der Waals surface area contributed by atoms with E-state index < -0.39 is 5.97 Å². The first-order valence-electron chi connectivity index (χ1n) is 7.58. The number of hydrogen-bond donors (Lipinski definition) is 1. The highest BCUT2D eigenvalue weighted by Crippen LogP contribution is 2.24. The number of carboxylic acids is 1. The highest BCUT2D eigenvalue weighted by atomic mass is 16.4. The maximum absolute atomic E-state index is 10.5. The number of pyridine rings is 1. The molecule has 1 unspecified atom stereocenters. The number of carbonyl (C=O) groups is 1. The second kappa shape index (κ2) is 6.26. The molecule has 2 aliphatic heterocycles. The fourth-order valence-electron chi connectivity index (χ4n) is 3.21. The number of carboxylic acid groups (broad SMARTS) is 1. The van der Waals surface area contributed by atoms with Crippen LogP contribution < -0.4 is 4.90 Å². The summed E-state index contributed by atoms with van der Waals surface area (Å²) in [6, 6.07) is 4.57. The van der Waals surface area contributed by atoms with Crippen LogP contribution in [0.5, 0.6) is 0 Å². The molecule has 2 saturated heterocycles. The maximum Gasteiger partial charge on any atom is 0.328 e. The lowest BCUT2D eigenvalue weighted by Crippen LogP contribution is -2.35. The van der Waals surface area contributed by atoms with Gasteiger partial charge < -0.3 is 10.0 Å². The first kappa shape index (κ1) is 14.1. The van der Waals surface area contributed by atoms with Gasteiger partial charge in [-0.3, -0.25) is 4.90 Å². The van der Waals surface area contributed by atoms with Crippen LogP contribution in [-0.2, 0) is 4.79 Å². The van der Waals surface area contributed by atoms with E-state index in [2.05, 4.69) is 14.8 Å². The second-order valence-electron chi connectivity index (χ2n) is 5.75. The van der Waals surface area contributed by atoms with Crippen LogP contribution >= 0.6 is 0 Å². The van der Waals surface area contributed by atoms with Crippen molar-refractivity contribution in [2.24, 2.45) is 0 Å². The first-order chi connectivity index (χ1) is 10.2. The third-order valence-corrected chi connectivity index (χ3v) is 4.33. The fraction of sp³-hybridized carbons (Fsp3) is 0.500.